The minimum atomic E-state index is -1.34. The Morgan fingerprint density at radius 1 is 1.10 bits per heavy atom. The normalized spacial score (nSPS) is 18.9. The van der Waals surface area contributed by atoms with Crippen LogP contribution in [-0.4, -0.2) is 32.3 Å². The summed E-state index contributed by atoms with van der Waals surface area (Å²) in [5.74, 6) is -3.55. The van der Waals surface area contributed by atoms with Crippen LogP contribution < -0.4 is 20.5 Å². The number of methoxy groups -OCH3 is 2. The number of rotatable bonds is 6. The number of amides is 2. The predicted octanol–water partition coefficient (Wildman–Crippen LogP) is 6.55. The Hall–Kier alpha value is -3.85. The van der Waals surface area contributed by atoms with E-state index in [4.69, 9.17) is 31.5 Å². The lowest BCUT2D eigenvalue weighted by Gasteiger charge is -2.46. The molecule has 3 unspecified atom stereocenters. The van der Waals surface area contributed by atoms with Gasteiger partial charge in [0.05, 0.1) is 30.8 Å². The minimum Gasteiger partial charge on any atom is -0.494 e. The molecule has 10 heteroatoms. The van der Waals surface area contributed by atoms with Crippen LogP contribution in [0.1, 0.15) is 55.1 Å². The second kappa shape index (κ2) is 10.6. The molecule has 0 saturated heterocycles. The molecule has 1 aliphatic heterocycles. The van der Waals surface area contributed by atoms with E-state index in [-0.39, 0.29) is 28.2 Å². The van der Waals surface area contributed by atoms with E-state index in [9.17, 15) is 9.59 Å². The van der Waals surface area contributed by atoms with Crippen LogP contribution in [0.5, 0.6) is 11.5 Å². The first-order valence-corrected chi connectivity index (χ1v) is 12.9. The summed E-state index contributed by atoms with van der Waals surface area (Å²) in [6.07, 6.45) is -0.693. The van der Waals surface area contributed by atoms with Gasteiger partial charge >= 0.3 is 6.09 Å². The molecule has 3 N–H and O–H groups in total. The molecule has 0 spiro atoms. The van der Waals surface area contributed by atoms with Crippen molar-refractivity contribution >= 4 is 23.6 Å². The van der Waals surface area contributed by atoms with Gasteiger partial charge in [-0.3, -0.25) is 4.79 Å². The summed E-state index contributed by atoms with van der Waals surface area (Å²) in [5, 5.41) is 2.50. The molecule has 0 bridgehead atoms. The Balaban J connectivity index is 2.12. The topological polar surface area (TPSA) is 99.9 Å². The molecule has 3 aromatic carbocycles. The Morgan fingerprint density at radius 2 is 1.75 bits per heavy atom. The number of alkyl carbamates (subject to hydrolysis) is 1. The van der Waals surface area contributed by atoms with E-state index in [1.165, 1.54) is 26.4 Å². The van der Waals surface area contributed by atoms with Gasteiger partial charge in [0.15, 0.2) is 17.2 Å². The molecule has 1 heterocycles. The zero-order chi connectivity index (χ0) is 29.6. The number of primary amides is 1. The number of hydrogen-bond donors (Lipinski definition) is 2. The van der Waals surface area contributed by atoms with E-state index >= 15 is 8.78 Å². The molecule has 3 atom stereocenters. The fourth-order valence-corrected chi connectivity index (χ4v) is 5.90. The van der Waals surface area contributed by atoms with Crippen molar-refractivity contribution in [2.24, 2.45) is 11.1 Å². The van der Waals surface area contributed by atoms with E-state index in [1.807, 2.05) is 58.0 Å². The maximum atomic E-state index is 15.9. The Labute approximate surface area is 236 Å². The lowest BCUT2D eigenvalue weighted by atomic mass is 9.66. The molecule has 0 saturated carbocycles. The van der Waals surface area contributed by atoms with Crippen molar-refractivity contribution in [2.75, 3.05) is 14.2 Å². The highest BCUT2D eigenvalue weighted by molar-refractivity contribution is 6.34. The highest BCUT2D eigenvalue weighted by Crippen LogP contribution is 2.59. The Morgan fingerprint density at radius 3 is 2.30 bits per heavy atom. The molecule has 2 amide bonds. The third-order valence-corrected chi connectivity index (χ3v) is 7.76. The number of ether oxygens (including phenoxy) is 3. The lowest BCUT2D eigenvalue weighted by molar-refractivity contribution is -0.0156. The first-order valence-electron chi connectivity index (χ1n) is 12.6. The summed E-state index contributed by atoms with van der Waals surface area (Å²) in [7, 11) is 2.52. The van der Waals surface area contributed by atoms with Crippen LogP contribution in [-0.2, 0) is 10.3 Å². The van der Waals surface area contributed by atoms with Gasteiger partial charge in [0.2, 0.25) is 5.91 Å². The van der Waals surface area contributed by atoms with Crippen molar-refractivity contribution in [3.63, 3.8) is 0 Å². The number of fused-ring (bicyclic) bond motifs is 1. The van der Waals surface area contributed by atoms with Gasteiger partial charge in [0.25, 0.3) is 0 Å². The summed E-state index contributed by atoms with van der Waals surface area (Å²) in [5.41, 5.74) is 4.05. The molecular weight excluding hydrogens is 542 g/mol. The van der Waals surface area contributed by atoms with Crippen LogP contribution in [0.2, 0.25) is 5.02 Å². The molecule has 1 aliphatic rings. The molecule has 4 rings (SSSR count). The molecule has 0 aliphatic carbocycles. The van der Waals surface area contributed by atoms with E-state index in [1.54, 1.807) is 0 Å². The molecule has 7 nitrogen and oxygen atoms in total. The number of benzene rings is 3. The summed E-state index contributed by atoms with van der Waals surface area (Å²) >= 11 is 6.56. The zero-order valence-electron chi connectivity index (χ0n) is 23.0. The van der Waals surface area contributed by atoms with Crippen molar-refractivity contribution in [3.8, 4) is 22.6 Å². The van der Waals surface area contributed by atoms with Crippen LogP contribution in [0.3, 0.4) is 0 Å². The van der Waals surface area contributed by atoms with Gasteiger partial charge in [-0.2, -0.15) is 0 Å². The molecular formula is C30H31ClF2N2O5. The van der Waals surface area contributed by atoms with E-state index in [2.05, 4.69) is 5.32 Å². The average Bonchev–Trinajstić information content (AvgIpc) is 3.19. The summed E-state index contributed by atoms with van der Waals surface area (Å²) in [4.78, 5) is 25.1. The van der Waals surface area contributed by atoms with Crippen LogP contribution >= 0.6 is 11.6 Å². The first kappa shape index (κ1) is 29.1. The van der Waals surface area contributed by atoms with Crippen molar-refractivity contribution in [3.05, 3.63) is 81.9 Å². The number of carbonyl (C=O) groups excluding carboxylic acids is 2. The highest BCUT2D eigenvalue weighted by Gasteiger charge is 2.58. The number of halogens is 3. The summed E-state index contributed by atoms with van der Waals surface area (Å²) in [6.45, 7) is 7.56. The van der Waals surface area contributed by atoms with E-state index < -0.39 is 51.6 Å². The number of nitrogens with two attached hydrogens (primary N) is 1. The third-order valence-electron chi connectivity index (χ3n) is 7.39. The Bertz CT molecular complexity index is 1480. The second-order valence-corrected chi connectivity index (χ2v) is 11.1. The molecule has 3 aromatic rings. The van der Waals surface area contributed by atoms with Crippen molar-refractivity contribution in [1.29, 1.82) is 0 Å². The standard InChI is InChI=1S/C30H31ClF2N2O5/c1-15-21-20(14-18(32)24(31)23(21)22-17(26(34)36)12-13-19(38-5)25(22)33)40-30(15,16-10-8-7-9-11-16)27(29(2,3)4)35-28(37)39-6/h7-15,27H,1-6H3,(H2,34,36)(H,35,37). The maximum Gasteiger partial charge on any atom is 0.407 e. The van der Waals surface area contributed by atoms with Crippen molar-refractivity contribution in [2.45, 2.75) is 45.3 Å². The fraction of sp³-hybridized carbons (Fsp3) is 0.333. The van der Waals surface area contributed by atoms with Crippen LogP contribution in [0, 0.1) is 17.0 Å². The van der Waals surface area contributed by atoms with Crippen LogP contribution in [0.15, 0.2) is 48.5 Å². The number of nitrogens with one attached hydrogen (secondary N) is 1. The summed E-state index contributed by atoms with van der Waals surface area (Å²) < 4.78 is 48.2. The van der Waals surface area contributed by atoms with Gasteiger partial charge in [0, 0.05) is 28.7 Å². The number of carbonyl (C=O) groups is 2. The van der Waals surface area contributed by atoms with E-state index in [0.717, 1.165) is 6.07 Å². The molecule has 0 aromatic heterocycles. The van der Waals surface area contributed by atoms with Crippen molar-refractivity contribution in [1.82, 2.24) is 5.32 Å². The second-order valence-electron chi connectivity index (χ2n) is 10.7. The Kier molecular flexibility index (Phi) is 7.73. The quantitative estimate of drug-likeness (QED) is 0.349. The summed E-state index contributed by atoms with van der Waals surface area (Å²) in [6, 6.07) is 12.1. The SMILES string of the molecule is COC(=O)NC(C(C)(C)C)C1(c2ccccc2)Oc2cc(F)c(Cl)c(-c3c(C(N)=O)ccc(OC)c3F)c2C1C. The van der Waals surface area contributed by atoms with E-state index in [0.29, 0.717) is 11.1 Å². The molecule has 0 fully saturated rings. The fourth-order valence-electron chi connectivity index (χ4n) is 5.65. The van der Waals surface area contributed by atoms with Gasteiger partial charge in [-0.25, -0.2) is 13.6 Å². The van der Waals surface area contributed by atoms with Crippen molar-refractivity contribution < 1.29 is 32.6 Å². The monoisotopic (exact) mass is 572 g/mol. The minimum absolute atomic E-state index is 0.0757. The largest absolute Gasteiger partial charge is 0.494 e. The van der Waals surface area contributed by atoms with Gasteiger partial charge in [-0.05, 0) is 23.1 Å². The molecule has 0 radical (unpaired) electrons. The molecule has 212 valence electrons. The average molecular weight is 573 g/mol. The number of hydrogen-bond acceptors (Lipinski definition) is 5. The van der Waals surface area contributed by atoms with Gasteiger partial charge < -0.3 is 25.3 Å². The first-order chi connectivity index (χ1) is 18.8. The highest BCUT2D eigenvalue weighted by atomic mass is 35.5. The van der Waals surface area contributed by atoms with Crippen LogP contribution in [0.25, 0.3) is 11.1 Å². The smallest absolute Gasteiger partial charge is 0.407 e. The molecule has 40 heavy (non-hydrogen) atoms. The lowest BCUT2D eigenvalue weighted by Crippen LogP contribution is -2.60. The van der Waals surface area contributed by atoms with Crippen LogP contribution in [0.4, 0.5) is 13.6 Å². The van der Waals surface area contributed by atoms with Gasteiger partial charge in [0.1, 0.15) is 11.6 Å². The van der Waals surface area contributed by atoms with Gasteiger partial charge in [-0.1, -0.05) is 69.6 Å². The van der Waals surface area contributed by atoms with Gasteiger partial charge in [-0.15, -0.1) is 0 Å². The third kappa shape index (κ3) is 4.62. The zero-order valence-corrected chi connectivity index (χ0v) is 23.8. The predicted molar refractivity (Wildman–Crippen MR) is 148 cm³/mol. The maximum absolute atomic E-state index is 15.9.